The Kier molecular flexibility index (Phi) is 18.5. The third-order valence-electron chi connectivity index (χ3n) is 6.40. The second-order valence-corrected chi connectivity index (χ2v) is 9.99. The van der Waals surface area contributed by atoms with Gasteiger partial charge in [-0.05, 0) is 61.1 Å². The molecule has 0 saturated carbocycles. The Labute approximate surface area is 279 Å². The van der Waals surface area contributed by atoms with Gasteiger partial charge >= 0.3 is 34.1 Å². The molecule has 0 unspecified atom stereocenters. The fourth-order valence-electron chi connectivity index (χ4n) is 4.11. The van der Waals surface area contributed by atoms with E-state index in [0.29, 0.717) is 32.9 Å². The van der Waals surface area contributed by atoms with Crippen LogP contribution in [-0.4, -0.2) is 72.9 Å². The largest absolute Gasteiger partial charge is 2.00 e. The summed E-state index contributed by atoms with van der Waals surface area (Å²) < 4.78 is 10.1. The van der Waals surface area contributed by atoms with Crippen molar-refractivity contribution in [3.8, 4) is 23.0 Å². The van der Waals surface area contributed by atoms with Gasteiger partial charge in [-0.3, -0.25) is 0 Å². The zero-order valence-corrected chi connectivity index (χ0v) is 27.2. The molecule has 0 aliphatic carbocycles. The first-order valence-corrected chi connectivity index (χ1v) is 14.1. The van der Waals surface area contributed by atoms with Gasteiger partial charge in [0, 0.05) is 38.6 Å². The molecule has 0 bridgehead atoms. The van der Waals surface area contributed by atoms with Crippen molar-refractivity contribution in [1.29, 1.82) is 0 Å². The number of ether oxygens (including phenoxy) is 2. The Balaban J connectivity index is 0.000000401. The summed E-state index contributed by atoms with van der Waals surface area (Å²) >= 11 is 8.69. The molecule has 2 aromatic rings. The maximum absolute atomic E-state index is 11.6. The van der Waals surface area contributed by atoms with Crippen molar-refractivity contribution in [2.75, 3.05) is 40.4 Å². The molecule has 42 heavy (non-hydrogen) atoms. The van der Waals surface area contributed by atoms with Crippen LogP contribution in [0.1, 0.15) is 49.7 Å². The molecular weight excluding hydrogens is 676 g/mol. The summed E-state index contributed by atoms with van der Waals surface area (Å²) in [6.07, 6.45) is 10.0. The first-order chi connectivity index (χ1) is 19.4. The van der Waals surface area contributed by atoms with Crippen LogP contribution in [0, 0.1) is 0 Å². The van der Waals surface area contributed by atoms with Crippen LogP contribution in [0.25, 0.3) is 10.9 Å². The van der Waals surface area contributed by atoms with Crippen molar-refractivity contribution in [2.45, 2.75) is 38.5 Å². The second kappa shape index (κ2) is 20.6. The quantitative estimate of drug-likeness (QED) is 0.113. The number of nitrogens with zero attached hydrogens (tertiary/aromatic N) is 6. The minimum Gasteiger partial charge on any atom is -0.872 e. The second-order valence-electron chi connectivity index (χ2n) is 9.19. The van der Waals surface area contributed by atoms with E-state index in [2.05, 4.69) is 55.3 Å². The molecule has 10 nitrogen and oxygen atoms in total. The van der Waals surface area contributed by atoms with Crippen molar-refractivity contribution >= 4 is 47.1 Å². The summed E-state index contributed by atoms with van der Waals surface area (Å²) in [5.41, 5.74) is 8.98. The molecule has 0 N–H and O–H groups in total. The van der Waals surface area contributed by atoms with Crippen molar-refractivity contribution < 1.29 is 53.8 Å². The van der Waals surface area contributed by atoms with Crippen LogP contribution in [-0.2, 0) is 58.6 Å². The molecule has 0 spiro atoms. The van der Waals surface area contributed by atoms with Gasteiger partial charge in [-0.1, -0.05) is 36.5 Å². The molecule has 14 heteroatoms. The minimum atomic E-state index is -0.108. The zero-order valence-electron chi connectivity index (χ0n) is 23.5. The Bertz CT molecular complexity index is 1100. The van der Waals surface area contributed by atoms with Crippen LogP contribution < -0.4 is 19.7 Å². The van der Waals surface area contributed by atoms with E-state index in [1.54, 1.807) is 38.5 Å². The number of hydrogen-bond donors (Lipinski definition) is 0. The SMILES string of the molecule is COc1ccc([O-])c(C=N[N-]C(=[SH+])N2CCCCC2)c1.COc1ccc([O-])c(C=N[N-]C(=[SH+])N2CCCCC2)c1.[Cu+2].[Cu+2]. The van der Waals surface area contributed by atoms with Crippen molar-refractivity contribution in [3.05, 3.63) is 58.4 Å². The third-order valence-corrected chi connectivity index (χ3v) is 7.14. The minimum absolute atomic E-state index is 0. The third kappa shape index (κ3) is 12.5. The number of thiol groups is 2. The van der Waals surface area contributed by atoms with Crippen molar-refractivity contribution in [1.82, 2.24) is 9.80 Å². The van der Waals surface area contributed by atoms with E-state index in [1.807, 2.05) is 0 Å². The molecule has 2 radical (unpaired) electrons. The topological polar surface area (TPSA) is 124 Å². The molecule has 234 valence electrons. The van der Waals surface area contributed by atoms with Gasteiger partial charge in [-0.2, -0.15) is 0 Å². The average Bonchev–Trinajstić information content (AvgIpc) is 3.00. The molecular formula is C28H36Cu2N6O4S2+2. The number of likely N-dealkylation sites (tertiary alicyclic amines) is 2. The van der Waals surface area contributed by atoms with Crippen LogP contribution in [0.15, 0.2) is 46.6 Å². The molecule has 2 heterocycles. The molecule has 4 rings (SSSR count). The van der Waals surface area contributed by atoms with Gasteiger partial charge in [0.2, 0.25) is 0 Å². The molecule has 2 saturated heterocycles. The number of hydrogen-bond acceptors (Lipinski definition) is 6. The molecule has 0 amide bonds. The summed E-state index contributed by atoms with van der Waals surface area (Å²) in [6.45, 7) is 3.85. The standard InChI is InChI=1S/2C14H19N3O2S.2Cu/c2*1-19-12-5-6-13(18)11(9-12)10-15-16-14(20)17-7-3-2-4-8-17;;/h2*5-6,9-10H,2-4,7-8H2,1H3,(H2,15,16,18,20);;/q;;2*+2/p-2. The Morgan fingerprint density at radius 2 is 1.05 bits per heavy atom. The summed E-state index contributed by atoms with van der Waals surface area (Å²) in [7, 11) is 3.11. The Morgan fingerprint density at radius 3 is 1.38 bits per heavy atom. The fraction of sp³-hybridized carbons (Fsp3) is 0.429. The number of rotatable bonds is 6. The molecule has 2 aliphatic heterocycles. The number of piperidine rings is 2. The van der Waals surface area contributed by atoms with Crippen LogP contribution in [0.4, 0.5) is 0 Å². The number of benzene rings is 2. The average molecular weight is 712 g/mol. The van der Waals surface area contributed by atoms with Crippen LogP contribution in [0.5, 0.6) is 23.0 Å². The Hall–Kier alpha value is -2.28. The van der Waals surface area contributed by atoms with E-state index in [1.165, 1.54) is 37.4 Å². The van der Waals surface area contributed by atoms with Crippen molar-refractivity contribution in [3.63, 3.8) is 0 Å². The molecule has 0 aromatic heterocycles. The van der Waals surface area contributed by atoms with E-state index in [-0.39, 0.29) is 45.6 Å². The monoisotopic (exact) mass is 710 g/mol. The first kappa shape index (κ1) is 37.7. The van der Waals surface area contributed by atoms with Gasteiger partial charge < -0.3 is 40.7 Å². The maximum atomic E-state index is 11.6. The van der Waals surface area contributed by atoms with Crippen LogP contribution in [0.3, 0.4) is 0 Å². The first-order valence-electron chi connectivity index (χ1n) is 13.2. The summed E-state index contributed by atoms with van der Waals surface area (Å²) in [6, 6.07) is 9.44. The van der Waals surface area contributed by atoms with Gasteiger partial charge in [-0.25, -0.2) is 9.80 Å². The molecule has 0 atom stereocenters. The van der Waals surface area contributed by atoms with E-state index in [9.17, 15) is 10.2 Å². The zero-order chi connectivity index (χ0) is 28.7. The summed E-state index contributed by atoms with van der Waals surface area (Å²) in [5.74, 6) is 1.03. The Morgan fingerprint density at radius 1 is 0.690 bits per heavy atom. The van der Waals surface area contributed by atoms with Gasteiger partial charge in [0.15, 0.2) is 34.7 Å². The predicted octanol–water partition coefficient (Wildman–Crippen LogP) is 2.65. The van der Waals surface area contributed by atoms with E-state index in [0.717, 1.165) is 51.9 Å². The molecule has 2 aliphatic rings. The molecule has 2 aromatic carbocycles. The van der Waals surface area contributed by atoms with E-state index >= 15 is 0 Å². The smallest absolute Gasteiger partial charge is 0.872 e. The molecule has 2 fully saturated rings. The number of methoxy groups -OCH3 is 2. The van der Waals surface area contributed by atoms with E-state index in [4.69, 9.17) is 9.47 Å². The van der Waals surface area contributed by atoms with Crippen LogP contribution in [0.2, 0.25) is 0 Å². The van der Waals surface area contributed by atoms with Gasteiger partial charge in [-0.15, -0.1) is 0 Å². The van der Waals surface area contributed by atoms with E-state index < -0.39 is 0 Å². The maximum Gasteiger partial charge on any atom is 2.00 e. The van der Waals surface area contributed by atoms with Gasteiger partial charge in [0.25, 0.3) is 0 Å². The summed E-state index contributed by atoms with van der Waals surface area (Å²) in [4.78, 5) is 4.18. The van der Waals surface area contributed by atoms with Gasteiger partial charge in [0.1, 0.15) is 11.5 Å². The predicted molar refractivity (Wildman–Crippen MR) is 165 cm³/mol. The van der Waals surface area contributed by atoms with Crippen LogP contribution >= 0.6 is 0 Å². The summed E-state index contributed by atoms with van der Waals surface area (Å²) in [5, 5.41) is 32.4. The van der Waals surface area contributed by atoms with Gasteiger partial charge in [0.05, 0.1) is 14.2 Å². The van der Waals surface area contributed by atoms with Crippen molar-refractivity contribution in [2.24, 2.45) is 10.2 Å². The fourth-order valence-corrected chi connectivity index (χ4v) is 4.61. The normalized spacial score (nSPS) is 15.5.